The van der Waals surface area contributed by atoms with Gasteiger partial charge in [-0.15, -0.1) is 0 Å². The molecule has 0 saturated carbocycles. The quantitative estimate of drug-likeness (QED) is 0.758. The molecule has 0 bridgehead atoms. The van der Waals surface area contributed by atoms with Crippen LogP contribution in [0.25, 0.3) is 0 Å². The number of halogens is 2. The molecule has 1 fully saturated rings. The molecule has 0 spiro atoms. The number of likely N-dealkylation sites (tertiary alicyclic amines) is 1. The van der Waals surface area contributed by atoms with Crippen molar-refractivity contribution in [3.63, 3.8) is 0 Å². The molecule has 154 valence electrons. The monoisotopic (exact) mass is 401 g/mol. The molecule has 1 unspecified atom stereocenters. The van der Waals surface area contributed by atoms with Crippen molar-refractivity contribution in [2.45, 2.75) is 32.2 Å². The van der Waals surface area contributed by atoms with Crippen LogP contribution in [0, 0.1) is 17.6 Å². The molecule has 1 atom stereocenters. The zero-order valence-corrected chi connectivity index (χ0v) is 16.2. The van der Waals surface area contributed by atoms with Gasteiger partial charge in [-0.3, -0.25) is 4.79 Å². The van der Waals surface area contributed by atoms with Gasteiger partial charge in [0.25, 0.3) is 0 Å². The number of amides is 3. The van der Waals surface area contributed by atoms with Crippen molar-refractivity contribution in [3.05, 3.63) is 65.7 Å². The van der Waals surface area contributed by atoms with Crippen LogP contribution in [0.5, 0.6) is 0 Å². The number of anilines is 1. The molecular weight excluding hydrogens is 376 g/mol. The van der Waals surface area contributed by atoms with Gasteiger partial charge in [-0.2, -0.15) is 0 Å². The van der Waals surface area contributed by atoms with Gasteiger partial charge in [0.1, 0.15) is 11.6 Å². The van der Waals surface area contributed by atoms with Gasteiger partial charge in [0.05, 0.1) is 0 Å². The minimum Gasteiger partial charge on any atom is -0.352 e. The van der Waals surface area contributed by atoms with Crippen molar-refractivity contribution in [2.75, 3.05) is 18.4 Å². The number of carbonyl (C=O) groups excluding carboxylic acids is 2. The number of hydrogen-bond donors (Lipinski definition) is 2. The fraction of sp³-hybridized carbons (Fsp3) is 0.364. The molecule has 0 aromatic heterocycles. The zero-order valence-electron chi connectivity index (χ0n) is 16.2. The first-order valence-electron chi connectivity index (χ1n) is 9.82. The van der Waals surface area contributed by atoms with Gasteiger partial charge in [-0.25, -0.2) is 13.6 Å². The van der Waals surface area contributed by atoms with Crippen LogP contribution in [-0.4, -0.2) is 29.9 Å². The van der Waals surface area contributed by atoms with E-state index in [0.29, 0.717) is 38.2 Å². The maximum Gasteiger partial charge on any atom is 0.321 e. The summed E-state index contributed by atoms with van der Waals surface area (Å²) in [5, 5.41) is 5.63. The number of nitrogens with zero attached hydrogens (tertiary/aromatic N) is 1. The predicted molar refractivity (Wildman–Crippen MR) is 107 cm³/mol. The van der Waals surface area contributed by atoms with E-state index < -0.39 is 0 Å². The summed E-state index contributed by atoms with van der Waals surface area (Å²) in [4.78, 5) is 26.3. The van der Waals surface area contributed by atoms with E-state index in [0.717, 1.165) is 18.4 Å². The Balaban J connectivity index is 1.40. The third kappa shape index (κ3) is 6.55. The minimum atomic E-state index is -0.348. The number of hydrogen-bond acceptors (Lipinski definition) is 2. The van der Waals surface area contributed by atoms with Gasteiger partial charge in [0, 0.05) is 31.7 Å². The highest BCUT2D eigenvalue weighted by Crippen LogP contribution is 2.22. The highest BCUT2D eigenvalue weighted by Gasteiger charge is 2.24. The first kappa shape index (κ1) is 20.8. The molecule has 5 nitrogen and oxygen atoms in total. The van der Waals surface area contributed by atoms with Crippen LogP contribution in [0.1, 0.15) is 31.2 Å². The minimum absolute atomic E-state index is 0.0535. The third-order valence-corrected chi connectivity index (χ3v) is 5.08. The number of carbonyl (C=O) groups is 2. The predicted octanol–water partition coefficient (Wildman–Crippen LogP) is 4.31. The second kappa shape index (κ2) is 10.0. The molecule has 3 rings (SSSR count). The van der Waals surface area contributed by atoms with Crippen LogP contribution in [0.3, 0.4) is 0 Å². The van der Waals surface area contributed by atoms with E-state index in [1.54, 1.807) is 17.0 Å². The number of benzene rings is 2. The van der Waals surface area contributed by atoms with Crippen molar-refractivity contribution in [3.8, 4) is 0 Å². The van der Waals surface area contributed by atoms with E-state index in [-0.39, 0.29) is 29.5 Å². The van der Waals surface area contributed by atoms with Crippen LogP contribution < -0.4 is 10.6 Å². The highest BCUT2D eigenvalue weighted by molar-refractivity contribution is 5.89. The van der Waals surface area contributed by atoms with Gasteiger partial charge in [-0.05, 0) is 67.1 Å². The number of urea groups is 1. The van der Waals surface area contributed by atoms with E-state index in [1.165, 1.54) is 36.4 Å². The molecule has 3 amide bonds. The Morgan fingerprint density at radius 3 is 2.34 bits per heavy atom. The van der Waals surface area contributed by atoms with Crippen LogP contribution in [0.2, 0.25) is 0 Å². The average molecular weight is 401 g/mol. The smallest absolute Gasteiger partial charge is 0.321 e. The highest BCUT2D eigenvalue weighted by atomic mass is 19.1. The summed E-state index contributed by atoms with van der Waals surface area (Å²) in [5.74, 6) is -0.439. The molecule has 1 saturated heterocycles. The molecule has 1 aliphatic rings. The summed E-state index contributed by atoms with van der Waals surface area (Å²) in [6.45, 7) is 1.63. The van der Waals surface area contributed by atoms with Crippen molar-refractivity contribution in [1.29, 1.82) is 0 Å². The average Bonchev–Trinajstić information content (AvgIpc) is 2.73. The second-order valence-corrected chi connectivity index (χ2v) is 7.33. The van der Waals surface area contributed by atoms with E-state index in [4.69, 9.17) is 0 Å². The standard InChI is InChI=1S/C22H25F2N3O2/c23-18-6-3-16(4-7-18)14-25-21(28)12-5-17-2-1-13-27(15-17)22(29)26-20-10-8-19(24)9-11-20/h3-4,6-11,17H,1-2,5,12-15H2,(H,25,28)(H,26,29). The first-order chi connectivity index (χ1) is 14.0. The topological polar surface area (TPSA) is 61.4 Å². The van der Waals surface area contributed by atoms with Crippen LogP contribution in [-0.2, 0) is 11.3 Å². The third-order valence-electron chi connectivity index (χ3n) is 5.08. The molecule has 2 aromatic rings. The Kier molecular flexibility index (Phi) is 7.16. The second-order valence-electron chi connectivity index (χ2n) is 7.33. The summed E-state index contributed by atoms with van der Waals surface area (Å²) in [7, 11) is 0. The molecule has 2 aromatic carbocycles. The van der Waals surface area contributed by atoms with Crippen LogP contribution >= 0.6 is 0 Å². The number of piperidine rings is 1. The molecule has 1 aliphatic heterocycles. The Morgan fingerprint density at radius 1 is 1.00 bits per heavy atom. The van der Waals surface area contributed by atoms with Gasteiger partial charge in [0.15, 0.2) is 0 Å². The molecule has 29 heavy (non-hydrogen) atoms. The lowest BCUT2D eigenvalue weighted by Gasteiger charge is -2.32. The maximum atomic E-state index is 13.0. The molecule has 0 radical (unpaired) electrons. The summed E-state index contributed by atoms with van der Waals surface area (Å²) < 4.78 is 25.9. The fourth-order valence-corrected chi connectivity index (χ4v) is 3.45. The molecule has 0 aliphatic carbocycles. The summed E-state index contributed by atoms with van der Waals surface area (Å²) in [6.07, 6.45) is 2.96. The van der Waals surface area contributed by atoms with Crippen molar-refractivity contribution < 1.29 is 18.4 Å². The number of nitrogens with one attached hydrogen (secondary N) is 2. The van der Waals surface area contributed by atoms with E-state index in [9.17, 15) is 18.4 Å². The SMILES string of the molecule is O=C(CCC1CCCN(C(=O)Nc2ccc(F)cc2)C1)NCc1ccc(F)cc1. The lowest BCUT2D eigenvalue weighted by Crippen LogP contribution is -2.42. The van der Waals surface area contributed by atoms with E-state index >= 15 is 0 Å². The Bertz CT molecular complexity index is 825. The zero-order chi connectivity index (χ0) is 20.6. The largest absolute Gasteiger partial charge is 0.352 e. The lowest BCUT2D eigenvalue weighted by molar-refractivity contribution is -0.121. The van der Waals surface area contributed by atoms with Gasteiger partial charge < -0.3 is 15.5 Å². The number of rotatable bonds is 6. The summed E-state index contributed by atoms with van der Waals surface area (Å²) in [5.41, 5.74) is 1.40. The Labute approximate surface area is 169 Å². The van der Waals surface area contributed by atoms with Crippen molar-refractivity contribution >= 4 is 17.6 Å². The summed E-state index contributed by atoms with van der Waals surface area (Å²) >= 11 is 0. The molecule has 1 heterocycles. The van der Waals surface area contributed by atoms with Crippen molar-refractivity contribution in [2.24, 2.45) is 5.92 Å². The molecule has 7 heteroatoms. The first-order valence-corrected chi connectivity index (χ1v) is 9.82. The molecule has 2 N–H and O–H groups in total. The normalized spacial score (nSPS) is 16.3. The van der Waals surface area contributed by atoms with E-state index in [1.807, 2.05) is 0 Å². The van der Waals surface area contributed by atoms with Gasteiger partial charge in [-0.1, -0.05) is 12.1 Å². The van der Waals surface area contributed by atoms with E-state index in [2.05, 4.69) is 10.6 Å². The maximum absolute atomic E-state index is 13.0. The fourth-order valence-electron chi connectivity index (χ4n) is 3.45. The Hall–Kier alpha value is -2.96. The Morgan fingerprint density at radius 2 is 1.66 bits per heavy atom. The lowest BCUT2D eigenvalue weighted by atomic mass is 9.93. The van der Waals surface area contributed by atoms with Gasteiger partial charge >= 0.3 is 6.03 Å². The van der Waals surface area contributed by atoms with Crippen LogP contribution in [0.4, 0.5) is 19.3 Å². The molecular formula is C22H25F2N3O2. The van der Waals surface area contributed by atoms with Gasteiger partial charge in [0.2, 0.25) is 5.91 Å². The summed E-state index contributed by atoms with van der Waals surface area (Å²) in [6, 6.07) is 11.5. The van der Waals surface area contributed by atoms with Crippen LogP contribution in [0.15, 0.2) is 48.5 Å². The van der Waals surface area contributed by atoms with Crippen molar-refractivity contribution in [1.82, 2.24) is 10.2 Å².